The molecule has 0 aliphatic carbocycles. The van der Waals surface area contributed by atoms with Crippen LogP contribution in [0.15, 0.2) is 0 Å². The quantitative estimate of drug-likeness (QED) is 0.419. The van der Waals surface area contributed by atoms with E-state index in [1.165, 1.54) is 0 Å². The van der Waals surface area contributed by atoms with Gasteiger partial charge in [0.25, 0.3) is 0 Å². The number of hydrogen-bond acceptors (Lipinski definition) is 2. The van der Waals surface area contributed by atoms with Crippen LogP contribution in [0.3, 0.4) is 0 Å². The minimum Gasteiger partial charge on any atom is -0.309 e. The maximum Gasteiger partial charge on any atom is 0.413 e. The predicted octanol–water partition coefficient (Wildman–Crippen LogP) is 1.41. The van der Waals surface area contributed by atoms with Crippen LogP contribution in [0.25, 0.3) is 0 Å². The number of thiol groups is 1. The van der Waals surface area contributed by atoms with Crippen molar-refractivity contribution in [2.75, 3.05) is 6.61 Å². The summed E-state index contributed by atoms with van der Waals surface area (Å²) in [6.45, 7) is -1.30. The number of alkyl halides is 3. The minimum absolute atomic E-state index is 1.30. The van der Waals surface area contributed by atoms with Gasteiger partial charge < -0.3 is 4.18 Å². The summed E-state index contributed by atoms with van der Waals surface area (Å²) < 4.78 is 36.1. The molecule has 0 fully saturated rings. The summed E-state index contributed by atoms with van der Waals surface area (Å²) in [5.74, 6) is 0. The van der Waals surface area contributed by atoms with Gasteiger partial charge in [0.1, 0.15) is 0 Å². The van der Waals surface area contributed by atoms with Gasteiger partial charge in [-0.3, -0.25) is 0 Å². The highest BCUT2D eigenvalue weighted by Crippen LogP contribution is 2.14. The summed E-state index contributed by atoms with van der Waals surface area (Å²) in [5.41, 5.74) is 0. The molecule has 0 aliphatic rings. The van der Waals surface area contributed by atoms with Crippen LogP contribution >= 0.6 is 12.9 Å². The average Bonchev–Trinajstić information content (AvgIpc) is 1.30. The zero-order valence-corrected chi connectivity index (χ0v) is 4.09. The minimum atomic E-state index is -4.25. The van der Waals surface area contributed by atoms with Crippen molar-refractivity contribution in [3.8, 4) is 0 Å². The Morgan fingerprint density at radius 3 is 1.86 bits per heavy atom. The van der Waals surface area contributed by atoms with Crippen molar-refractivity contribution in [3.63, 3.8) is 0 Å². The second-order valence-electron chi connectivity index (χ2n) is 0.889. The highest BCUT2D eigenvalue weighted by molar-refractivity contribution is 7.75. The summed E-state index contributed by atoms with van der Waals surface area (Å²) in [4.78, 5) is 0. The van der Waals surface area contributed by atoms with Crippen LogP contribution in [0.2, 0.25) is 0 Å². The third-order valence-electron chi connectivity index (χ3n) is 0.228. The number of hydrogen-bond donors (Lipinski definition) is 1. The second kappa shape index (κ2) is 2.42. The fourth-order valence-corrected chi connectivity index (χ4v) is 0.220. The van der Waals surface area contributed by atoms with Gasteiger partial charge >= 0.3 is 6.18 Å². The summed E-state index contributed by atoms with van der Waals surface area (Å²) in [6, 6.07) is 0. The normalized spacial score (nSPS) is 12.0. The summed E-state index contributed by atoms with van der Waals surface area (Å²) in [6.07, 6.45) is -4.25. The molecule has 0 radical (unpaired) electrons. The molecule has 0 heterocycles. The molecule has 0 aromatic carbocycles. The van der Waals surface area contributed by atoms with E-state index in [0.717, 1.165) is 0 Å². The Kier molecular flexibility index (Phi) is 2.45. The molecule has 1 nitrogen and oxygen atoms in total. The molecule has 0 amide bonds. The first kappa shape index (κ1) is 7.10. The van der Waals surface area contributed by atoms with Gasteiger partial charge in [-0.1, -0.05) is 0 Å². The first-order chi connectivity index (χ1) is 3.06. The Bertz CT molecular complexity index is 51.4. The van der Waals surface area contributed by atoms with E-state index in [1.807, 2.05) is 0 Å². The lowest BCUT2D eigenvalue weighted by Gasteiger charge is -1.99. The van der Waals surface area contributed by atoms with Crippen LogP contribution in [0.5, 0.6) is 0 Å². The van der Waals surface area contributed by atoms with Crippen molar-refractivity contribution >= 4 is 12.9 Å². The van der Waals surface area contributed by atoms with E-state index >= 15 is 0 Å². The number of halogens is 3. The van der Waals surface area contributed by atoms with E-state index in [-0.39, 0.29) is 0 Å². The fraction of sp³-hybridized carbons (Fsp3) is 1.00. The smallest absolute Gasteiger partial charge is 0.309 e. The Morgan fingerprint density at radius 2 is 1.86 bits per heavy atom. The molecule has 0 N–H and O–H groups in total. The largest absolute Gasteiger partial charge is 0.413 e. The zero-order chi connectivity index (χ0) is 5.91. The SMILES string of the molecule is FC(F)(F)COS. The standard InChI is InChI=1S/C2H3F3OS/c3-2(4,5)1-6-7/h7H,1H2. The van der Waals surface area contributed by atoms with Gasteiger partial charge in [0.15, 0.2) is 6.61 Å². The maximum absolute atomic E-state index is 10.9. The monoisotopic (exact) mass is 132 g/mol. The third-order valence-corrected chi connectivity index (χ3v) is 0.357. The maximum atomic E-state index is 10.9. The third kappa shape index (κ3) is 6.10. The van der Waals surface area contributed by atoms with Gasteiger partial charge in [-0.25, -0.2) is 0 Å². The molecule has 0 aliphatic heterocycles. The summed E-state index contributed by atoms with van der Waals surface area (Å²) in [7, 11) is 0. The molecule has 0 aromatic heterocycles. The molecule has 0 rings (SSSR count). The van der Waals surface area contributed by atoms with Gasteiger partial charge in [-0.05, 0) is 12.9 Å². The number of rotatable bonds is 1. The first-order valence-corrected chi connectivity index (χ1v) is 1.76. The topological polar surface area (TPSA) is 9.23 Å². The average molecular weight is 132 g/mol. The first-order valence-electron chi connectivity index (χ1n) is 1.39. The summed E-state index contributed by atoms with van der Waals surface area (Å²) in [5, 5.41) is 0. The summed E-state index contributed by atoms with van der Waals surface area (Å²) >= 11 is 2.89. The van der Waals surface area contributed by atoms with E-state index in [2.05, 4.69) is 17.1 Å². The lowest BCUT2D eigenvalue weighted by atomic mass is 10.7. The van der Waals surface area contributed by atoms with Crippen molar-refractivity contribution < 1.29 is 17.4 Å². The lowest BCUT2D eigenvalue weighted by Crippen LogP contribution is -2.13. The molecule has 44 valence electrons. The lowest BCUT2D eigenvalue weighted by molar-refractivity contribution is -0.150. The van der Waals surface area contributed by atoms with Crippen LogP contribution < -0.4 is 0 Å². The van der Waals surface area contributed by atoms with Crippen LogP contribution in [-0.2, 0) is 4.18 Å². The van der Waals surface area contributed by atoms with Gasteiger partial charge in [-0.15, -0.1) is 0 Å². The van der Waals surface area contributed by atoms with Gasteiger partial charge in [-0.2, -0.15) is 13.2 Å². The van der Waals surface area contributed by atoms with Gasteiger partial charge in [0.2, 0.25) is 0 Å². The van der Waals surface area contributed by atoms with Crippen LogP contribution in [0, 0.1) is 0 Å². The molecule has 0 saturated carbocycles. The molecule has 0 bridgehead atoms. The van der Waals surface area contributed by atoms with Gasteiger partial charge in [0.05, 0.1) is 0 Å². The molecule has 0 spiro atoms. The molecular weight excluding hydrogens is 129 g/mol. The molecule has 0 unspecified atom stereocenters. The van der Waals surface area contributed by atoms with E-state index in [0.29, 0.717) is 0 Å². The Labute approximate surface area is 44.1 Å². The molecule has 0 aromatic rings. The van der Waals surface area contributed by atoms with E-state index in [9.17, 15) is 13.2 Å². The molecule has 0 saturated heterocycles. The Balaban J connectivity index is 3.15. The van der Waals surface area contributed by atoms with Crippen molar-refractivity contribution in [1.29, 1.82) is 0 Å². The van der Waals surface area contributed by atoms with Crippen molar-refractivity contribution in [2.24, 2.45) is 0 Å². The highest BCUT2D eigenvalue weighted by atomic mass is 32.1. The highest BCUT2D eigenvalue weighted by Gasteiger charge is 2.26. The van der Waals surface area contributed by atoms with Crippen LogP contribution in [0.1, 0.15) is 0 Å². The van der Waals surface area contributed by atoms with Gasteiger partial charge in [0, 0.05) is 0 Å². The van der Waals surface area contributed by atoms with E-state index < -0.39 is 12.8 Å². The van der Waals surface area contributed by atoms with E-state index in [4.69, 9.17) is 0 Å². The Morgan fingerprint density at radius 1 is 1.43 bits per heavy atom. The molecule has 0 atom stereocenters. The van der Waals surface area contributed by atoms with E-state index in [1.54, 1.807) is 0 Å². The predicted molar refractivity (Wildman–Crippen MR) is 21.0 cm³/mol. The van der Waals surface area contributed by atoms with Crippen LogP contribution in [0.4, 0.5) is 13.2 Å². The Hall–Kier alpha value is 0.100. The molecule has 7 heavy (non-hydrogen) atoms. The van der Waals surface area contributed by atoms with Crippen molar-refractivity contribution in [1.82, 2.24) is 0 Å². The molecule has 5 heteroatoms. The second-order valence-corrected chi connectivity index (χ2v) is 1.15. The zero-order valence-electron chi connectivity index (χ0n) is 3.20. The van der Waals surface area contributed by atoms with Crippen LogP contribution in [-0.4, -0.2) is 12.8 Å². The van der Waals surface area contributed by atoms with Crippen molar-refractivity contribution in [2.45, 2.75) is 6.18 Å². The fourth-order valence-electron chi connectivity index (χ4n) is 0.0732. The molecular formula is C2H3F3OS. The van der Waals surface area contributed by atoms with Crippen molar-refractivity contribution in [3.05, 3.63) is 0 Å².